The van der Waals surface area contributed by atoms with Gasteiger partial charge in [0.15, 0.2) is 0 Å². The molecule has 22 heavy (non-hydrogen) atoms. The summed E-state index contributed by atoms with van der Waals surface area (Å²) in [6, 6.07) is 6.48. The first-order valence-corrected chi connectivity index (χ1v) is 7.70. The summed E-state index contributed by atoms with van der Waals surface area (Å²) in [5.74, 6) is 0.866. The molecule has 1 aromatic carbocycles. The molecular formula is C17H24ClFN2O. The number of nitrogens with two attached hydrogens (primary N) is 1. The Morgan fingerprint density at radius 3 is 2.45 bits per heavy atom. The van der Waals surface area contributed by atoms with E-state index >= 15 is 0 Å². The van der Waals surface area contributed by atoms with E-state index in [1.54, 1.807) is 12.1 Å². The van der Waals surface area contributed by atoms with Gasteiger partial charge in [-0.05, 0) is 56.2 Å². The molecule has 0 bridgehead atoms. The third kappa shape index (κ3) is 2.86. The van der Waals surface area contributed by atoms with Crippen molar-refractivity contribution in [1.82, 2.24) is 4.90 Å². The maximum absolute atomic E-state index is 13.1. The molecule has 1 heterocycles. The van der Waals surface area contributed by atoms with Gasteiger partial charge in [-0.3, -0.25) is 4.79 Å². The average molecular weight is 327 g/mol. The lowest BCUT2D eigenvalue weighted by Crippen LogP contribution is -2.43. The normalized spacial score (nSPS) is 27.5. The van der Waals surface area contributed by atoms with Gasteiger partial charge in [0.1, 0.15) is 5.82 Å². The highest BCUT2D eigenvalue weighted by Crippen LogP contribution is 2.39. The van der Waals surface area contributed by atoms with E-state index in [0.29, 0.717) is 11.8 Å². The van der Waals surface area contributed by atoms with Crippen molar-refractivity contribution in [3.8, 4) is 0 Å². The van der Waals surface area contributed by atoms with Crippen LogP contribution in [0.5, 0.6) is 0 Å². The van der Waals surface area contributed by atoms with Crippen molar-refractivity contribution < 1.29 is 9.18 Å². The third-order valence-corrected chi connectivity index (χ3v) is 5.30. The highest BCUT2D eigenvalue weighted by Gasteiger charge is 2.45. The molecule has 1 saturated heterocycles. The molecular weight excluding hydrogens is 303 g/mol. The smallest absolute Gasteiger partial charge is 0.232 e. The Bertz CT molecular complexity index is 546. The Balaban J connectivity index is 0.00000176. The largest absolute Gasteiger partial charge is 0.341 e. The highest BCUT2D eigenvalue weighted by molar-refractivity contribution is 5.87. The first-order valence-electron chi connectivity index (χ1n) is 7.70. The van der Waals surface area contributed by atoms with E-state index in [1.165, 1.54) is 12.1 Å². The SMILES string of the molecule is CC(C)(C(=O)N1CC2CCC(N)C2C1)c1ccc(F)cc1.Cl. The summed E-state index contributed by atoms with van der Waals surface area (Å²) in [5, 5.41) is 0. The molecule has 1 aliphatic heterocycles. The molecule has 5 heteroatoms. The fraction of sp³-hybridized carbons (Fsp3) is 0.588. The molecule has 2 aliphatic rings. The Morgan fingerprint density at radius 2 is 1.86 bits per heavy atom. The minimum absolute atomic E-state index is 0. The van der Waals surface area contributed by atoms with E-state index in [0.717, 1.165) is 31.5 Å². The number of amides is 1. The Labute approximate surface area is 137 Å². The van der Waals surface area contributed by atoms with Crippen molar-refractivity contribution in [2.24, 2.45) is 17.6 Å². The van der Waals surface area contributed by atoms with Crippen LogP contribution in [-0.2, 0) is 10.2 Å². The molecule has 1 aliphatic carbocycles. The number of carbonyl (C=O) groups excluding carboxylic acids is 1. The molecule has 1 amide bonds. The van der Waals surface area contributed by atoms with Crippen LogP contribution in [0.1, 0.15) is 32.3 Å². The average Bonchev–Trinajstić information content (AvgIpc) is 3.01. The second-order valence-electron chi connectivity index (χ2n) is 7.01. The lowest BCUT2D eigenvalue weighted by atomic mass is 9.83. The lowest BCUT2D eigenvalue weighted by molar-refractivity contribution is -0.135. The fourth-order valence-corrected chi connectivity index (χ4v) is 3.86. The van der Waals surface area contributed by atoms with Gasteiger partial charge in [-0.15, -0.1) is 12.4 Å². The van der Waals surface area contributed by atoms with Gasteiger partial charge in [-0.25, -0.2) is 4.39 Å². The summed E-state index contributed by atoms with van der Waals surface area (Å²) in [6.07, 6.45) is 2.21. The third-order valence-electron chi connectivity index (χ3n) is 5.30. The van der Waals surface area contributed by atoms with Crippen molar-refractivity contribution in [3.63, 3.8) is 0 Å². The van der Waals surface area contributed by atoms with Crippen LogP contribution >= 0.6 is 12.4 Å². The van der Waals surface area contributed by atoms with Gasteiger partial charge in [0.05, 0.1) is 5.41 Å². The molecule has 3 nitrogen and oxygen atoms in total. The van der Waals surface area contributed by atoms with Crippen molar-refractivity contribution in [1.29, 1.82) is 0 Å². The number of rotatable bonds is 2. The molecule has 3 rings (SSSR count). The minimum atomic E-state index is -0.629. The minimum Gasteiger partial charge on any atom is -0.341 e. The van der Waals surface area contributed by atoms with Crippen LogP contribution in [-0.4, -0.2) is 29.9 Å². The molecule has 0 aromatic heterocycles. The number of likely N-dealkylation sites (tertiary alicyclic amines) is 1. The molecule has 2 fully saturated rings. The van der Waals surface area contributed by atoms with Gasteiger partial charge in [0, 0.05) is 19.1 Å². The molecule has 3 unspecified atom stereocenters. The van der Waals surface area contributed by atoms with Gasteiger partial charge in [-0.2, -0.15) is 0 Å². The molecule has 0 radical (unpaired) electrons. The predicted octanol–water partition coefficient (Wildman–Crippen LogP) is 2.72. The van der Waals surface area contributed by atoms with Crippen LogP contribution in [0.4, 0.5) is 4.39 Å². The summed E-state index contributed by atoms with van der Waals surface area (Å²) in [4.78, 5) is 14.8. The zero-order valence-corrected chi connectivity index (χ0v) is 13.9. The zero-order valence-electron chi connectivity index (χ0n) is 13.1. The van der Waals surface area contributed by atoms with Crippen LogP contribution in [0, 0.1) is 17.7 Å². The van der Waals surface area contributed by atoms with Crippen molar-refractivity contribution in [3.05, 3.63) is 35.6 Å². The van der Waals surface area contributed by atoms with Crippen molar-refractivity contribution >= 4 is 18.3 Å². The summed E-state index contributed by atoms with van der Waals surface area (Å²) in [7, 11) is 0. The first kappa shape index (κ1) is 17.2. The van der Waals surface area contributed by atoms with E-state index in [9.17, 15) is 9.18 Å². The van der Waals surface area contributed by atoms with E-state index < -0.39 is 5.41 Å². The summed E-state index contributed by atoms with van der Waals surface area (Å²) < 4.78 is 13.1. The molecule has 3 atom stereocenters. The van der Waals surface area contributed by atoms with Gasteiger partial charge in [0.25, 0.3) is 0 Å². The zero-order chi connectivity index (χ0) is 15.2. The maximum atomic E-state index is 13.1. The lowest BCUT2D eigenvalue weighted by Gasteiger charge is -2.30. The summed E-state index contributed by atoms with van der Waals surface area (Å²) in [5.41, 5.74) is 6.37. The number of carbonyl (C=O) groups is 1. The molecule has 1 saturated carbocycles. The van der Waals surface area contributed by atoms with Crippen LogP contribution < -0.4 is 5.73 Å². The van der Waals surface area contributed by atoms with Crippen LogP contribution in [0.25, 0.3) is 0 Å². The number of hydrogen-bond donors (Lipinski definition) is 1. The number of halogens is 2. The van der Waals surface area contributed by atoms with Crippen LogP contribution in [0.3, 0.4) is 0 Å². The quantitative estimate of drug-likeness (QED) is 0.908. The summed E-state index contributed by atoms with van der Waals surface area (Å²) >= 11 is 0. The van der Waals surface area contributed by atoms with E-state index in [2.05, 4.69) is 0 Å². The predicted molar refractivity (Wildman–Crippen MR) is 87.4 cm³/mol. The Morgan fingerprint density at radius 1 is 1.23 bits per heavy atom. The van der Waals surface area contributed by atoms with E-state index in [1.807, 2.05) is 18.7 Å². The van der Waals surface area contributed by atoms with Gasteiger partial charge < -0.3 is 10.6 Å². The number of hydrogen-bond acceptors (Lipinski definition) is 2. The molecule has 1 aromatic rings. The second kappa shape index (κ2) is 6.17. The standard InChI is InChI=1S/C17H23FN2O.ClH/c1-17(2,12-4-6-13(18)7-5-12)16(21)20-9-11-3-8-15(19)14(11)10-20;/h4-7,11,14-15H,3,8-10,19H2,1-2H3;1H. The van der Waals surface area contributed by atoms with Crippen LogP contribution in [0.15, 0.2) is 24.3 Å². The molecule has 122 valence electrons. The Kier molecular flexibility index (Phi) is 4.83. The van der Waals surface area contributed by atoms with Crippen molar-refractivity contribution in [2.75, 3.05) is 13.1 Å². The van der Waals surface area contributed by atoms with Crippen LogP contribution in [0.2, 0.25) is 0 Å². The fourth-order valence-electron chi connectivity index (χ4n) is 3.86. The number of benzene rings is 1. The second-order valence-corrected chi connectivity index (χ2v) is 7.01. The highest BCUT2D eigenvalue weighted by atomic mass is 35.5. The van der Waals surface area contributed by atoms with E-state index in [4.69, 9.17) is 5.73 Å². The van der Waals surface area contributed by atoms with Gasteiger partial charge in [0.2, 0.25) is 5.91 Å². The molecule has 2 N–H and O–H groups in total. The first-order chi connectivity index (χ1) is 9.89. The molecule has 0 spiro atoms. The maximum Gasteiger partial charge on any atom is 0.232 e. The topological polar surface area (TPSA) is 46.3 Å². The monoisotopic (exact) mass is 326 g/mol. The number of nitrogens with zero attached hydrogens (tertiary/aromatic N) is 1. The van der Waals surface area contributed by atoms with Gasteiger partial charge in [-0.1, -0.05) is 12.1 Å². The number of fused-ring (bicyclic) bond motifs is 1. The summed E-state index contributed by atoms with van der Waals surface area (Å²) in [6.45, 7) is 5.42. The Hall–Kier alpha value is -1.13. The van der Waals surface area contributed by atoms with E-state index in [-0.39, 0.29) is 30.2 Å². The van der Waals surface area contributed by atoms with Gasteiger partial charge >= 0.3 is 0 Å². The van der Waals surface area contributed by atoms with Crippen molar-refractivity contribution in [2.45, 2.75) is 38.1 Å².